The highest BCUT2D eigenvalue weighted by atomic mass is 35.5. The molecule has 0 radical (unpaired) electrons. The molecule has 32 heavy (non-hydrogen) atoms. The number of aryl methyl sites for hydroxylation is 1. The lowest BCUT2D eigenvalue weighted by atomic mass is 10.2. The first-order valence-corrected chi connectivity index (χ1v) is 12.8. The molecule has 1 amide bonds. The van der Waals surface area contributed by atoms with Gasteiger partial charge in [-0.1, -0.05) is 35.9 Å². The van der Waals surface area contributed by atoms with Gasteiger partial charge in [-0.05, 0) is 78.3 Å². The fraction of sp³-hybridized carbons (Fsp3) is 0.240. The van der Waals surface area contributed by atoms with E-state index < -0.39 is 0 Å². The molecule has 0 saturated heterocycles. The Labute approximate surface area is 201 Å². The van der Waals surface area contributed by atoms with Crippen LogP contribution >= 0.6 is 34.7 Å². The molecule has 0 saturated carbocycles. The molecular formula is C25H24ClN3OS2. The van der Waals surface area contributed by atoms with Crippen LogP contribution in [-0.2, 0) is 17.8 Å². The quantitative estimate of drug-likeness (QED) is 0.190. The maximum Gasteiger partial charge on any atom is 0.229 e. The molecule has 2 aromatic carbocycles. The topological polar surface area (TPSA) is 46.1 Å². The van der Waals surface area contributed by atoms with Crippen molar-refractivity contribution in [1.82, 2.24) is 9.97 Å². The summed E-state index contributed by atoms with van der Waals surface area (Å²) in [6, 6.07) is 18.0. The molecule has 4 aromatic rings. The summed E-state index contributed by atoms with van der Waals surface area (Å²) >= 11 is 9.27. The second-order valence-corrected chi connectivity index (χ2v) is 10.0. The number of amides is 1. The molecule has 0 bridgehead atoms. The molecule has 2 heterocycles. The van der Waals surface area contributed by atoms with Gasteiger partial charge in [-0.3, -0.25) is 14.7 Å². The molecule has 0 aliphatic heterocycles. The van der Waals surface area contributed by atoms with Crippen molar-refractivity contribution in [2.45, 2.75) is 37.6 Å². The number of rotatable bonds is 9. The number of carbonyl (C=O) groups excluding carboxylic acids is 1. The minimum atomic E-state index is 0.0910. The number of anilines is 1. The summed E-state index contributed by atoms with van der Waals surface area (Å²) in [6.07, 6.45) is 5.76. The monoisotopic (exact) mass is 481 g/mol. The lowest BCUT2D eigenvalue weighted by Gasteiger charge is -2.20. The van der Waals surface area contributed by atoms with E-state index in [1.54, 1.807) is 35.5 Å². The Hall–Kier alpha value is -2.41. The molecule has 0 fully saturated rings. The van der Waals surface area contributed by atoms with Gasteiger partial charge in [-0.25, -0.2) is 4.98 Å². The van der Waals surface area contributed by atoms with E-state index in [-0.39, 0.29) is 5.91 Å². The molecule has 0 spiro atoms. The van der Waals surface area contributed by atoms with Gasteiger partial charge in [0.15, 0.2) is 5.13 Å². The van der Waals surface area contributed by atoms with Crippen molar-refractivity contribution in [3.63, 3.8) is 0 Å². The van der Waals surface area contributed by atoms with Crippen LogP contribution in [0.15, 0.2) is 71.9 Å². The molecule has 4 rings (SSSR count). The number of benzene rings is 2. The highest BCUT2D eigenvalue weighted by Gasteiger charge is 2.20. The zero-order valence-electron chi connectivity index (χ0n) is 17.8. The predicted molar refractivity (Wildman–Crippen MR) is 136 cm³/mol. The van der Waals surface area contributed by atoms with Gasteiger partial charge < -0.3 is 0 Å². The van der Waals surface area contributed by atoms with E-state index in [1.165, 1.54) is 5.56 Å². The van der Waals surface area contributed by atoms with E-state index in [0.29, 0.717) is 13.0 Å². The second kappa shape index (κ2) is 10.9. The Morgan fingerprint density at radius 2 is 1.84 bits per heavy atom. The summed E-state index contributed by atoms with van der Waals surface area (Å²) in [7, 11) is 0. The van der Waals surface area contributed by atoms with E-state index >= 15 is 0 Å². The summed E-state index contributed by atoms with van der Waals surface area (Å²) in [5.74, 6) is 0.962. The molecule has 4 nitrogen and oxygen atoms in total. The third-order valence-corrected chi connectivity index (χ3v) is 7.48. The predicted octanol–water partition coefficient (Wildman–Crippen LogP) is 7.01. The average Bonchev–Trinajstić information content (AvgIpc) is 3.25. The van der Waals surface area contributed by atoms with E-state index in [4.69, 9.17) is 16.6 Å². The first kappa shape index (κ1) is 22.8. The van der Waals surface area contributed by atoms with Crippen LogP contribution in [0.5, 0.6) is 0 Å². The summed E-state index contributed by atoms with van der Waals surface area (Å²) in [4.78, 5) is 25.1. The fourth-order valence-electron chi connectivity index (χ4n) is 3.30. The van der Waals surface area contributed by atoms with Gasteiger partial charge in [0, 0.05) is 28.7 Å². The zero-order valence-corrected chi connectivity index (χ0v) is 20.2. The third kappa shape index (κ3) is 5.88. The van der Waals surface area contributed by atoms with Crippen LogP contribution in [0.4, 0.5) is 5.13 Å². The minimum Gasteiger partial charge on any atom is -0.284 e. The maximum atomic E-state index is 13.3. The van der Waals surface area contributed by atoms with Crippen LogP contribution in [0.1, 0.15) is 30.9 Å². The highest BCUT2D eigenvalue weighted by Crippen LogP contribution is 2.31. The summed E-state index contributed by atoms with van der Waals surface area (Å²) in [5, 5.41) is 1.48. The van der Waals surface area contributed by atoms with Crippen molar-refractivity contribution in [2.75, 3.05) is 10.7 Å². The SMILES string of the molecule is CCc1ccc2nc(N(Cc3ccncc3)C(=O)CCCSc3ccc(Cl)cc3)sc2c1. The fourth-order valence-corrected chi connectivity index (χ4v) is 5.33. The number of thioether (sulfide) groups is 1. The van der Waals surface area contributed by atoms with Gasteiger partial charge in [0.1, 0.15) is 0 Å². The van der Waals surface area contributed by atoms with E-state index in [1.807, 2.05) is 47.4 Å². The van der Waals surface area contributed by atoms with Gasteiger partial charge in [0.05, 0.1) is 16.8 Å². The number of thiazole rings is 1. The molecule has 0 unspecified atom stereocenters. The normalized spacial score (nSPS) is 11.1. The molecule has 0 aliphatic carbocycles. The van der Waals surface area contributed by atoms with Crippen LogP contribution < -0.4 is 4.90 Å². The van der Waals surface area contributed by atoms with E-state index in [2.05, 4.69) is 24.0 Å². The first-order valence-electron chi connectivity index (χ1n) is 10.6. The number of fused-ring (bicyclic) bond motifs is 1. The van der Waals surface area contributed by atoms with Crippen LogP contribution in [0.3, 0.4) is 0 Å². The molecule has 0 atom stereocenters. The zero-order chi connectivity index (χ0) is 22.3. The lowest BCUT2D eigenvalue weighted by Crippen LogP contribution is -2.30. The maximum absolute atomic E-state index is 13.3. The second-order valence-electron chi connectivity index (χ2n) is 7.39. The number of aromatic nitrogens is 2. The van der Waals surface area contributed by atoms with Crippen LogP contribution in [0, 0.1) is 0 Å². The van der Waals surface area contributed by atoms with Gasteiger partial charge in [-0.2, -0.15) is 0 Å². The first-order chi connectivity index (χ1) is 15.6. The standard InChI is InChI=1S/C25H24ClN3OS2/c1-2-18-5-10-22-23(16-18)32-25(28-22)29(17-19-11-13-27-14-12-19)24(30)4-3-15-31-21-8-6-20(26)7-9-21/h5-14,16H,2-4,15,17H2,1H3. The highest BCUT2D eigenvalue weighted by molar-refractivity contribution is 7.99. The van der Waals surface area contributed by atoms with Gasteiger partial charge in [0.25, 0.3) is 0 Å². The number of halogens is 1. The molecule has 164 valence electrons. The number of nitrogens with zero attached hydrogens (tertiary/aromatic N) is 3. The molecule has 0 aliphatic rings. The Balaban J connectivity index is 1.47. The van der Waals surface area contributed by atoms with Crippen LogP contribution in [0.25, 0.3) is 10.2 Å². The van der Waals surface area contributed by atoms with Crippen LogP contribution in [-0.4, -0.2) is 21.6 Å². The largest absolute Gasteiger partial charge is 0.284 e. The molecule has 7 heteroatoms. The van der Waals surface area contributed by atoms with Gasteiger partial charge >= 0.3 is 0 Å². The van der Waals surface area contributed by atoms with Crippen molar-refractivity contribution < 1.29 is 4.79 Å². The molecule has 0 N–H and O–H groups in total. The summed E-state index contributed by atoms with van der Waals surface area (Å²) in [5.41, 5.74) is 3.25. The Bertz CT molecular complexity index is 1180. The summed E-state index contributed by atoms with van der Waals surface area (Å²) in [6.45, 7) is 2.64. The van der Waals surface area contributed by atoms with Crippen molar-refractivity contribution in [3.05, 3.63) is 83.1 Å². The molecular weight excluding hydrogens is 458 g/mol. The number of carbonyl (C=O) groups is 1. The van der Waals surface area contributed by atoms with Crippen molar-refractivity contribution >= 4 is 56.0 Å². The van der Waals surface area contributed by atoms with Crippen LogP contribution in [0.2, 0.25) is 5.02 Å². The number of hydrogen-bond acceptors (Lipinski definition) is 5. The smallest absolute Gasteiger partial charge is 0.229 e. The van der Waals surface area contributed by atoms with E-state index in [0.717, 1.165) is 49.4 Å². The van der Waals surface area contributed by atoms with Crippen molar-refractivity contribution in [1.29, 1.82) is 0 Å². The van der Waals surface area contributed by atoms with E-state index in [9.17, 15) is 4.79 Å². The average molecular weight is 482 g/mol. The Morgan fingerprint density at radius 1 is 1.06 bits per heavy atom. The number of pyridine rings is 1. The molecule has 2 aromatic heterocycles. The Kier molecular flexibility index (Phi) is 7.79. The lowest BCUT2D eigenvalue weighted by molar-refractivity contribution is -0.118. The summed E-state index contributed by atoms with van der Waals surface area (Å²) < 4.78 is 1.12. The van der Waals surface area contributed by atoms with Gasteiger partial charge in [-0.15, -0.1) is 11.8 Å². The number of hydrogen-bond donors (Lipinski definition) is 0. The van der Waals surface area contributed by atoms with Crippen molar-refractivity contribution in [3.8, 4) is 0 Å². The third-order valence-electron chi connectivity index (χ3n) is 5.09. The Morgan fingerprint density at radius 3 is 2.59 bits per heavy atom. The van der Waals surface area contributed by atoms with Gasteiger partial charge in [0.2, 0.25) is 5.91 Å². The van der Waals surface area contributed by atoms with Crippen molar-refractivity contribution in [2.24, 2.45) is 0 Å². The minimum absolute atomic E-state index is 0.0910.